The molecule has 0 radical (unpaired) electrons. The van der Waals surface area contributed by atoms with E-state index >= 15 is 0 Å². The first-order chi connectivity index (χ1) is 13.8. The average molecular weight is 371 g/mol. The summed E-state index contributed by atoms with van der Waals surface area (Å²) >= 11 is 0. The van der Waals surface area contributed by atoms with Crippen LogP contribution in [0.5, 0.6) is 0 Å². The molecule has 1 aliphatic heterocycles. The fourth-order valence-corrected chi connectivity index (χ4v) is 3.57. The van der Waals surface area contributed by atoms with Crippen molar-refractivity contribution in [3.63, 3.8) is 0 Å². The number of hydrogen-bond donors (Lipinski definition) is 1. The van der Waals surface area contributed by atoms with E-state index in [9.17, 15) is 4.79 Å². The van der Waals surface area contributed by atoms with E-state index in [4.69, 9.17) is 0 Å². The van der Waals surface area contributed by atoms with Gasteiger partial charge in [0.2, 0.25) is 0 Å². The summed E-state index contributed by atoms with van der Waals surface area (Å²) in [6, 6.07) is 28.8. The first-order valence-electron chi connectivity index (χ1n) is 9.76. The molecule has 1 fully saturated rings. The third-order valence-electron chi connectivity index (χ3n) is 5.12. The number of urea groups is 1. The molecule has 0 bridgehead atoms. The van der Waals surface area contributed by atoms with Gasteiger partial charge in [-0.3, -0.25) is 4.90 Å². The molecule has 0 aromatic heterocycles. The van der Waals surface area contributed by atoms with Gasteiger partial charge in [0.25, 0.3) is 0 Å². The fourth-order valence-electron chi connectivity index (χ4n) is 3.57. The van der Waals surface area contributed by atoms with Crippen LogP contribution in [0.15, 0.2) is 84.9 Å². The van der Waals surface area contributed by atoms with Crippen molar-refractivity contribution in [3.05, 3.63) is 90.5 Å². The predicted octanol–water partition coefficient (Wildman–Crippen LogP) is 4.70. The lowest BCUT2D eigenvalue weighted by atomic mass is 10.0. The van der Waals surface area contributed by atoms with Crippen LogP contribution in [0.2, 0.25) is 0 Å². The molecule has 0 unspecified atom stereocenters. The molecule has 1 saturated heterocycles. The molecule has 0 spiro atoms. The third kappa shape index (κ3) is 4.59. The van der Waals surface area contributed by atoms with E-state index in [1.807, 2.05) is 41.3 Å². The maximum absolute atomic E-state index is 12.4. The molecule has 3 aromatic carbocycles. The van der Waals surface area contributed by atoms with Crippen molar-refractivity contribution >= 4 is 11.7 Å². The fraction of sp³-hybridized carbons (Fsp3) is 0.208. The molecule has 1 aliphatic rings. The standard InChI is InChI=1S/C24H25N3O/c28-24(25-23-12-5-2-6-13-23)27-16-14-26(15-17-27)19-20-8-7-11-22(18-20)21-9-3-1-4-10-21/h1-13,18H,14-17,19H2,(H,25,28). The van der Waals surface area contributed by atoms with E-state index in [1.165, 1.54) is 16.7 Å². The Bertz CT molecular complexity index is 903. The number of rotatable bonds is 4. The van der Waals surface area contributed by atoms with Gasteiger partial charge < -0.3 is 10.2 Å². The molecule has 4 nitrogen and oxygen atoms in total. The SMILES string of the molecule is O=C(Nc1ccccc1)N1CCN(Cc2cccc(-c3ccccc3)c2)CC1. The third-order valence-corrected chi connectivity index (χ3v) is 5.12. The lowest BCUT2D eigenvalue weighted by molar-refractivity contribution is 0.143. The van der Waals surface area contributed by atoms with Gasteiger partial charge in [-0.15, -0.1) is 0 Å². The van der Waals surface area contributed by atoms with Crippen LogP contribution in [0.4, 0.5) is 10.5 Å². The highest BCUT2D eigenvalue weighted by molar-refractivity contribution is 5.89. The van der Waals surface area contributed by atoms with E-state index in [1.54, 1.807) is 0 Å². The van der Waals surface area contributed by atoms with Crippen molar-refractivity contribution in [3.8, 4) is 11.1 Å². The Morgan fingerprint density at radius 2 is 1.39 bits per heavy atom. The van der Waals surface area contributed by atoms with E-state index in [0.717, 1.165) is 38.4 Å². The lowest BCUT2D eigenvalue weighted by Crippen LogP contribution is -2.49. The molecular weight excluding hydrogens is 346 g/mol. The van der Waals surface area contributed by atoms with Crippen molar-refractivity contribution in [1.29, 1.82) is 0 Å². The van der Waals surface area contributed by atoms with Crippen molar-refractivity contribution in [2.75, 3.05) is 31.5 Å². The second-order valence-electron chi connectivity index (χ2n) is 7.13. The summed E-state index contributed by atoms with van der Waals surface area (Å²) < 4.78 is 0. The number of piperazine rings is 1. The quantitative estimate of drug-likeness (QED) is 0.721. The largest absolute Gasteiger partial charge is 0.322 e. The van der Waals surface area contributed by atoms with Gasteiger partial charge in [0, 0.05) is 38.4 Å². The molecule has 0 aliphatic carbocycles. The van der Waals surface area contributed by atoms with Gasteiger partial charge in [0.1, 0.15) is 0 Å². The molecule has 2 amide bonds. The topological polar surface area (TPSA) is 35.6 Å². The van der Waals surface area contributed by atoms with Crippen LogP contribution in [0.1, 0.15) is 5.56 Å². The Morgan fingerprint density at radius 1 is 0.750 bits per heavy atom. The zero-order valence-corrected chi connectivity index (χ0v) is 15.9. The van der Waals surface area contributed by atoms with Crippen molar-refractivity contribution in [2.24, 2.45) is 0 Å². The molecule has 4 rings (SSSR count). The molecule has 1 heterocycles. The Morgan fingerprint density at radius 3 is 2.11 bits per heavy atom. The Balaban J connectivity index is 1.32. The lowest BCUT2D eigenvalue weighted by Gasteiger charge is -2.34. The summed E-state index contributed by atoms with van der Waals surface area (Å²) in [4.78, 5) is 16.7. The molecule has 0 atom stereocenters. The van der Waals surface area contributed by atoms with E-state index in [0.29, 0.717) is 0 Å². The van der Waals surface area contributed by atoms with Crippen LogP contribution in [-0.2, 0) is 6.54 Å². The van der Waals surface area contributed by atoms with Gasteiger partial charge in [0.15, 0.2) is 0 Å². The summed E-state index contributed by atoms with van der Waals surface area (Å²) in [5.41, 5.74) is 4.64. The highest BCUT2D eigenvalue weighted by Gasteiger charge is 2.21. The van der Waals surface area contributed by atoms with Crippen molar-refractivity contribution in [1.82, 2.24) is 9.80 Å². The number of para-hydroxylation sites is 1. The summed E-state index contributed by atoms with van der Waals surface area (Å²) in [5.74, 6) is 0. The van der Waals surface area contributed by atoms with Crippen molar-refractivity contribution < 1.29 is 4.79 Å². The van der Waals surface area contributed by atoms with Gasteiger partial charge in [-0.05, 0) is 34.9 Å². The number of benzene rings is 3. The summed E-state index contributed by atoms with van der Waals surface area (Å²) in [5, 5.41) is 2.97. The van der Waals surface area contributed by atoms with Gasteiger partial charge in [-0.2, -0.15) is 0 Å². The van der Waals surface area contributed by atoms with E-state index in [-0.39, 0.29) is 6.03 Å². The maximum atomic E-state index is 12.4. The number of nitrogens with zero attached hydrogens (tertiary/aromatic N) is 2. The number of amides is 2. The summed E-state index contributed by atoms with van der Waals surface area (Å²) in [7, 11) is 0. The van der Waals surface area contributed by atoms with Crippen molar-refractivity contribution in [2.45, 2.75) is 6.54 Å². The van der Waals surface area contributed by atoms with Crippen LogP contribution in [-0.4, -0.2) is 42.0 Å². The Hall–Kier alpha value is -3.11. The molecular formula is C24H25N3O. The summed E-state index contributed by atoms with van der Waals surface area (Å²) in [6.07, 6.45) is 0. The highest BCUT2D eigenvalue weighted by Crippen LogP contribution is 2.21. The van der Waals surface area contributed by atoms with Gasteiger partial charge in [-0.1, -0.05) is 66.7 Å². The number of carbonyl (C=O) groups excluding carboxylic acids is 1. The minimum absolute atomic E-state index is 0.0167. The first kappa shape index (κ1) is 18.3. The number of carbonyl (C=O) groups is 1. The molecule has 28 heavy (non-hydrogen) atoms. The monoisotopic (exact) mass is 371 g/mol. The number of anilines is 1. The average Bonchev–Trinajstić information content (AvgIpc) is 2.76. The maximum Gasteiger partial charge on any atom is 0.321 e. The molecule has 4 heteroatoms. The predicted molar refractivity (Wildman–Crippen MR) is 114 cm³/mol. The molecule has 1 N–H and O–H groups in total. The van der Waals surface area contributed by atoms with Gasteiger partial charge in [0.05, 0.1) is 0 Å². The van der Waals surface area contributed by atoms with Crippen LogP contribution in [0.3, 0.4) is 0 Å². The number of nitrogens with one attached hydrogen (secondary N) is 1. The zero-order chi connectivity index (χ0) is 19.2. The minimum atomic E-state index is -0.0167. The number of hydrogen-bond acceptors (Lipinski definition) is 2. The van der Waals surface area contributed by atoms with Crippen LogP contribution < -0.4 is 5.32 Å². The van der Waals surface area contributed by atoms with Crippen LogP contribution in [0.25, 0.3) is 11.1 Å². The Kier molecular flexibility index (Phi) is 5.69. The van der Waals surface area contributed by atoms with Gasteiger partial charge in [-0.25, -0.2) is 4.79 Å². The van der Waals surface area contributed by atoms with E-state index in [2.05, 4.69) is 58.7 Å². The molecule has 0 saturated carbocycles. The second kappa shape index (κ2) is 8.72. The molecule has 3 aromatic rings. The zero-order valence-electron chi connectivity index (χ0n) is 15.9. The van der Waals surface area contributed by atoms with Crippen LogP contribution in [0, 0.1) is 0 Å². The van der Waals surface area contributed by atoms with E-state index < -0.39 is 0 Å². The second-order valence-corrected chi connectivity index (χ2v) is 7.13. The normalized spacial score (nSPS) is 14.6. The minimum Gasteiger partial charge on any atom is -0.322 e. The molecule has 142 valence electrons. The summed E-state index contributed by atoms with van der Waals surface area (Å²) in [6.45, 7) is 4.18. The highest BCUT2D eigenvalue weighted by atomic mass is 16.2. The Labute approximate surface area is 166 Å². The van der Waals surface area contributed by atoms with Crippen LogP contribution >= 0.6 is 0 Å². The first-order valence-corrected chi connectivity index (χ1v) is 9.76. The smallest absolute Gasteiger partial charge is 0.321 e. The van der Waals surface area contributed by atoms with Gasteiger partial charge >= 0.3 is 6.03 Å².